The molecule has 0 saturated carbocycles. The number of nitrogens with zero attached hydrogens (tertiary/aromatic N) is 1. The summed E-state index contributed by atoms with van der Waals surface area (Å²) in [5.74, 6) is 0.0428. The maximum Gasteiger partial charge on any atom is 0.253 e. The Bertz CT molecular complexity index is 560. The minimum absolute atomic E-state index is 0.114. The van der Waals surface area contributed by atoms with Crippen LogP contribution in [-0.4, -0.2) is 43.4 Å². The number of anilines is 1. The van der Waals surface area contributed by atoms with Gasteiger partial charge in [-0.25, -0.2) is 0 Å². The summed E-state index contributed by atoms with van der Waals surface area (Å²) in [5.41, 5.74) is 0.961. The summed E-state index contributed by atoms with van der Waals surface area (Å²) in [6, 6.07) is 4.67. The van der Waals surface area contributed by atoms with Gasteiger partial charge in [-0.05, 0) is 37.1 Å². The average molecular weight is 310 g/mol. The summed E-state index contributed by atoms with van der Waals surface area (Å²) < 4.78 is 0. The van der Waals surface area contributed by atoms with E-state index in [4.69, 9.17) is 11.6 Å². The van der Waals surface area contributed by atoms with Crippen molar-refractivity contribution in [2.45, 2.75) is 19.4 Å². The first-order chi connectivity index (χ1) is 9.90. The van der Waals surface area contributed by atoms with Gasteiger partial charge in [0.25, 0.3) is 5.91 Å². The molecule has 21 heavy (non-hydrogen) atoms. The molecule has 114 valence electrons. The fourth-order valence-corrected chi connectivity index (χ4v) is 2.57. The molecule has 0 radical (unpaired) electrons. The van der Waals surface area contributed by atoms with Crippen molar-refractivity contribution < 1.29 is 9.59 Å². The molecular formula is C15H20ClN3O2. The molecular weight excluding hydrogens is 290 g/mol. The Kier molecular flexibility index (Phi) is 4.85. The number of hydrogen-bond donors (Lipinski definition) is 2. The molecule has 6 heteroatoms. The van der Waals surface area contributed by atoms with Gasteiger partial charge >= 0.3 is 0 Å². The van der Waals surface area contributed by atoms with E-state index in [0.717, 1.165) is 13.0 Å². The lowest BCUT2D eigenvalue weighted by Gasteiger charge is -2.17. The lowest BCUT2D eigenvalue weighted by molar-refractivity contribution is -0.118. The summed E-state index contributed by atoms with van der Waals surface area (Å²) in [6.45, 7) is 2.88. The lowest BCUT2D eigenvalue weighted by atomic mass is 10.0. The van der Waals surface area contributed by atoms with Crippen LogP contribution >= 0.6 is 11.6 Å². The predicted molar refractivity (Wildman–Crippen MR) is 83.7 cm³/mol. The summed E-state index contributed by atoms with van der Waals surface area (Å²) >= 11 is 6.11. The van der Waals surface area contributed by atoms with E-state index in [0.29, 0.717) is 16.3 Å². The van der Waals surface area contributed by atoms with Crippen molar-refractivity contribution in [3.05, 3.63) is 28.8 Å². The van der Waals surface area contributed by atoms with Gasteiger partial charge in [0.2, 0.25) is 5.91 Å². The molecule has 0 aliphatic carbocycles. The number of rotatable bonds is 3. The SMILES string of the molecule is CC1CCNC1C(=O)Nc1cc(C(=O)N(C)C)ccc1Cl. The van der Waals surface area contributed by atoms with E-state index in [-0.39, 0.29) is 23.8 Å². The van der Waals surface area contributed by atoms with Crippen LogP contribution in [0.2, 0.25) is 5.02 Å². The Hall–Kier alpha value is -1.59. The van der Waals surface area contributed by atoms with E-state index in [9.17, 15) is 9.59 Å². The summed E-state index contributed by atoms with van der Waals surface area (Å²) in [5, 5.41) is 6.40. The molecule has 0 aromatic heterocycles. The van der Waals surface area contributed by atoms with Crippen LogP contribution in [0.4, 0.5) is 5.69 Å². The van der Waals surface area contributed by atoms with Gasteiger partial charge in [-0.2, -0.15) is 0 Å². The molecule has 1 aliphatic rings. The molecule has 1 heterocycles. The highest BCUT2D eigenvalue weighted by Crippen LogP contribution is 2.25. The molecule has 0 bridgehead atoms. The van der Waals surface area contributed by atoms with E-state index in [1.54, 1.807) is 32.3 Å². The first kappa shape index (κ1) is 15.8. The highest BCUT2D eigenvalue weighted by molar-refractivity contribution is 6.34. The van der Waals surface area contributed by atoms with E-state index < -0.39 is 0 Å². The van der Waals surface area contributed by atoms with E-state index >= 15 is 0 Å². The van der Waals surface area contributed by atoms with Crippen LogP contribution in [0.25, 0.3) is 0 Å². The highest BCUT2D eigenvalue weighted by Gasteiger charge is 2.29. The largest absolute Gasteiger partial charge is 0.345 e. The van der Waals surface area contributed by atoms with Crippen molar-refractivity contribution in [2.75, 3.05) is 26.0 Å². The van der Waals surface area contributed by atoms with Gasteiger partial charge in [0.15, 0.2) is 0 Å². The number of hydrogen-bond acceptors (Lipinski definition) is 3. The summed E-state index contributed by atoms with van der Waals surface area (Å²) in [6.07, 6.45) is 0.977. The second-order valence-electron chi connectivity index (χ2n) is 5.58. The van der Waals surface area contributed by atoms with Crippen LogP contribution < -0.4 is 10.6 Å². The molecule has 1 saturated heterocycles. The Morgan fingerprint density at radius 1 is 1.38 bits per heavy atom. The molecule has 2 N–H and O–H groups in total. The fourth-order valence-electron chi connectivity index (χ4n) is 2.41. The zero-order chi connectivity index (χ0) is 15.6. The zero-order valence-corrected chi connectivity index (χ0v) is 13.2. The number of carbonyl (C=O) groups excluding carboxylic acids is 2. The first-order valence-corrected chi connectivity index (χ1v) is 7.33. The molecule has 5 nitrogen and oxygen atoms in total. The number of nitrogens with one attached hydrogen (secondary N) is 2. The van der Waals surface area contributed by atoms with Crippen molar-refractivity contribution in [2.24, 2.45) is 5.92 Å². The maximum atomic E-state index is 12.3. The molecule has 2 unspecified atom stereocenters. The first-order valence-electron chi connectivity index (χ1n) is 6.95. The maximum absolute atomic E-state index is 12.3. The molecule has 1 aliphatic heterocycles. The Labute approximate surface area is 129 Å². The normalized spacial score (nSPS) is 21.1. The standard InChI is InChI=1S/C15H20ClN3O2/c1-9-6-7-17-13(9)14(20)18-12-8-10(4-5-11(12)16)15(21)19(2)3/h4-5,8-9,13,17H,6-7H2,1-3H3,(H,18,20). The molecule has 1 aromatic carbocycles. The second-order valence-corrected chi connectivity index (χ2v) is 5.99. The van der Waals surface area contributed by atoms with E-state index in [1.165, 1.54) is 4.90 Å². The zero-order valence-electron chi connectivity index (χ0n) is 12.4. The van der Waals surface area contributed by atoms with Gasteiger partial charge in [-0.3, -0.25) is 9.59 Å². The second kappa shape index (κ2) is 6.45. The van der Waals surface area contributed by atoms with E-state index in [1.807, 2.05) is 6.92 Å². The number of amides is 2. The van der Waals surface area contributed by atoms with Gasteiger partial charge in [0.05, 0.1) is 16.8 Å². The van der Waals surface area contributed by atoms with Gasteiger partial charge in [0.1, 0.15) is 0 Å². The third kappa shape index (κ3) is 3.54. The smallest absolute Gasteiger partial charge is 0.253 e. The Morgan fingerprint density at radius 3 is 2.67 bits per heavy atom. The van der Waals surface area contributed by atoms with Crippen molar-refractivity contribution in [1.29, 1.82) is 0 Å². The third-order valence-electron chi connectivity index (χ3n) is 3.69. The summed E-state index contributed by atoms with van der Waals surface area (Å²) in [7, 11) is 3.36. The molecule has 1 aromatic rings. The van der Waals surface area contributed by atoms with Gasteiger partial charge in [-0.1, -0.05) is 18.5 Å². The van der Waals surface area contributed by atoms with Crippen LogP contribution in [-0.2, 0) is 4.79 Å². The van der Waals surface area contributed by atoms with E-state index in [2.05, 4.69) is 10.6 Å². The topological polar surface area (TPSA) is 61.4 Å². The van der Waals surface area contributed by atoms with Crippen molar-refractivity contribution in [3.8, 4) is 0 Å². The van der Waals surface area contributed by atoms with Gasteiger partial charge in [0, 0.05) is 19.7 Å². The lowest BCUT2D eigenvalue weighted by Crippen LogP contribution is -2.39. The highest BCUT2D eigenvalue weighted by atomic mass is 35.5. The summed E-state index contributed by atoms with van der Waals surface area (Å²) in [4.78, 5) is 25.7. The van der Waals surface area contributed by atoms with Gasteiger partial charge in [-0.15, -0.1) is 0 Å². The van der Waals surface area contributed by atoms with Crippen molar-refractivity contribution >= 4 is 29.1 Å². The quantitative estimate of drug-likeness (QED) is 0.897. The average Bonchev–Trinajstić information content (AvgIpc) is 2.86. The monoisotopic (exact) mass is 309 g/mol. The minimum Gasteiger partial charge on any atom is -0.345 e. The number of carbonyl (C=O) groups is 2. The van der Waals surface area contributed by atoms with Crippen LogP contribution in [0, 0.1) is 5.92 Å². The third-order valence-corrected chi connectivity index (χ3v) is 4.02. The predicted octanol–water partition coefficient (Wildman–Crippen LogP) is 1.98. The van der Waals surface area contributed by atoms with Crippen LogP contribution in [0.15, 0.2) is 18.2 Å². The van der Waals surface area contributed by atoms with Gasteiger partial charge < -0.3 is 15.5 Å². The molecule has 2 rings (SSSR count). The number of halogens is 1. The molecule has 2 amide bonds. The Morgan fingerprint density at radius 2 is 2.10 bits per heavy atom. The van der Waals surface area contributed by atoms with Crippen LogP contribution in [0.1, 0.15) is 23.7 Å². The fraction of sp³-hybridized carbons (Fsp3) is 0.467. The minimum atomic E-state index is -0.214. The molecule has 2 atom stereocenters. The van der Waals surface area contributed by atoms with Crippen molar-refractivity contribution in [1.82, 2.24) is 10.2 Å². The van der Waals surface area contributed by atoms with Crippen LogP contribution in [0.3, 0.4) is 0 Å². The molecule has 0 spiro atoms. The molecule has 1 fully saturated rings. The number of benzene rings is 1. The Balaban J connectivity index is 2.17. The van der Waals surface area contributed by atoms with Crippen LogP contribution in [0.5, 0.6) is 0 Å². The van der Waals surface area contributed by atoms with Crippen molar-refractivity contribution in [3.63, 3.8) is 0 Å².